The Kier molecular flexibility index (Phi) is 4.03. The molecule has 0 atom stereocenters. The number of nitrogens with zero attached hydrogens (tertiary/aromatic N) is 2. The zero-order valence-electron chi connectivity index (χ0n) is 14.1. The van der Waals surface area contributed by atoms with Gasteiger partial charge in [-0.1, -0.05) is 24.3 Å². The second-order valence-corrected chi connectivity index (χ2v) is 6.21. The van der Waals surface area contributed by atoms with Crippen LogP contribution >= 0.6 is 0 Å². The number of anilines is 1. The van der Waals surface area contributed by atoms with Gasteiger partial charge in [0, 0.05) is 6.54 Å². The molecule has 26 heavy (non-hydrogen) atoms. The first kappa shape index (κ1) is 16.4. The Morgan fingerprint density at radius 3 is 2.69 bits per heavy atom. The van der Waals surface area contributed by atoms with Crippen molar-refractivity contribution in [2.24, 2.45) is 0 Å². The highest BCUT2D eigenvalue weighted by Gasteiger charge is 2.30. The highest BCUT2D eigenvalue weighted by molar-refractivity contribution is 6.06. The summed E-state index contributed by atoms with van der Waals surface area (Å²) in [7, 11) is 0. The average Bonchev–Trinajstić information content (AvgIpc) is 3.03. The van der Waals surface area contributed by atoms with Gasteiger partial charge in [-0.3, -0.25) is 4.79 Å². The number of halogens is 2. The summed E-state index contributed by atoms with van der Waals surface area (Å²) in [4.78, 5) is 18.6. The molecule has 0 fully saturated rings. The van der Waals surface area contributed by atoms with E-state index in [1.807, 2.05) is 6.07 Å². The molecule has 4 rings (SSSR count). The minimum absolute atomic E-state index is 0.0368. The third-order valence-corrected chi connectivity index (χ3v) is 4.52. The Bertz CT molecular complexity index is 997. The highest BCUT2D eigenvalue weighted by atomic mass is 19.1. The van der Waals surface area contributed by atoms with E-state index in [9.17, 15) is 13.6 Å². The summed E-state index contributed by atoms with van der Waals surface area (Å²) in [5.41, 5.74) is 1.33. The van der Waals surface area contributed by atoms with Crippen LogP contribution in [0.25, 0.3) is 11.5 Å². The summed E-state index contributed by atoms with van der Waals surface area (Å²) in [5, 5.41) is 0. The quantitative estimate of drug-likeness (QED) is 0.680. The lowest BCUT2D eigenvalue weighted by Crippen LogP contribution is -2.36. The number of carbonyl (C=O) groups excluding carboxylic acids is 1. The molecule has 0 aliphatic carbocycles. The van der Waals surface area contributed by atoms with Gasteiger partial charge in [0.25, 0.3) is 5.91 Å². The van der Waals surface area contributed by atoms with Crippen molar-refractivity contribution in [1.29, 1.82) is 0 Å². The van der Waals surface area contributed by atoms with Gasteiger partial charge < -0.3 is 9.32 Å². The van der Waals surface area contributed by atoms with E-state index in [1.54, 1.807) is 25.1 Å². The largest absolute Gasteiger partial charge is 0.440 e. The second kappa shape index (κ2) is 6.37. The van der Waals surface area contributed by atoms with E-state index in [2.05, 4.69) is 4.98 Å². The molecule has 1 aliphatic heterocycles. The van der Waals surface area contributed by atoms with Crippen molar-refractivity contribution < 1.29 is 18.0 Å². The van der Waals surface area contributed by atoms with Crippen LogP contribution in [0.4, 0.5) is 14.5 Å². The van der Waals surface area contributed by atoms with E-state index in [-0.39, 0.29) is 22.9 Å². The molecule has 4 nitrogen and oxygen atoms in total. The number of fused-ring (bicyclic) bond motifs is 1. The van der Waals surface area contributed by atoms with E-state index in [0.29, 0.717) is 12.2 Å². The lowest BCUT2D eigenvalue weighted by Gasteiger charge is -2.29. The molecule has 132 valence electrons. The summed E-state index contributed by atoms with van der Waals surface area (Å²) in [6, 6.07) is 10.9. The van der Waals surface area contributed by atoms with E-state index in [0.717, 1.165) is 18.4 Å². The van der Waals surface area contributed by atoms with Crippen LogP contribution in [0.3, 0.4) is 0 Å². The molecule has 3 aromatic rings. The second-order valence-electron chi connectivity index (χ2n) is 6.21. The summed E-state index contributed by atoms with van der Waals surface area (Å²) in [6.07, 6.45) is 1.45. The van der Waals surface area contributed by atoms with Gasteiger partial charge in [0.05, 0.1) is 11.3 Å². The summed E-state index contributed by atoms with van der Waals surface area (Å²) < 4.78 is 33.8. The molecule has 1 amide bonds. The monoisotopic (exact) mass is 354 g/mol. The zero-order valence-corrected chi connectivity index (χ0v) is 14.1. The molecule has 6 heteroatoms. The van der Waals surface area contributed by atoms with E-state index in [4.69, 9.17) is 4.42 Å². The maximum absolute atomic E-state index is 14.3. The first-order chi connectivity index (χ1) is 12.6. The Hall–Kier alpha value is -3.02. The van der Waals surface area contributed by atoms with Crippen molar-refractivity contribution in [1.82, 2.24) is 4.98 Å². The molecular weight excluding hydrogens is 338 g/mol. The normalized spacial score (nSPS) is 13.6. The minimum Gasteiger partial charge on any atom is -0.440 e. The van der Waals surface area contributed by atoms with Crippen LogP contribution in [0.2, 0.25) is 0 Å². The first-order valence-electron chi connectivity index (χ1n) is 8.38. The van der Waals surface area contributed by atoms with Crippen LogP contribution in [0.5, 0.6) is 0 Å². The number of benzene rings is 2. The van der Waals surface area contributed by atoms with E-state index >= 15 is 0 Å². The number of oxazole rings is 1. The lowest BCUT2D eigenvalue weighted by atomic mass is 10.0. The van der Waals surface area contributed by atoms with Gasteiger partial charge in [0.15, 0.2) is 5.69 Å². The molecule has 0 spiro atoms. The van der Waals surface area contributed by atoms with Gasteiger partial charge >= 0.3 is 0 Å². The fraction of sp³-hybridized carbons (Fsp3) is 0.200. The topological polar surface area (TPSA) is 46.3 Å². The third kappa shape index (κ3) is 2.67. The molecule has 0 N–H and O–H groups in total. The highest BCUT2D eigenvalue weighted by Crippen LogP contribution is 2.32. The molecule has 2 aromatic carbocycles. The van der Waals surface area contributed by atoms with Crippen molar-refractivity contribution in [2.45, 2.75) is 19.8 Å². The van der Waals surface area contributed by atoms with E-state index in [1.165, 1.54) is 23.1 Å². The van der Waals surface area contributed by atoms with Crippen molar-refractivity contribution in [3.05, 3.63) is 71.1 Å². The Morgan fingerprint density at radius 2 is 1.88 bits per heavy atom. The van der Waals surface area contributed by atoms with Crippen LogP contribution in [-0.4, -0.2) is 17.4 Å². The minimum atomic E-state index is -0.484. The van der Waals surface area contributed by atoms with Crippen molar-refractivity contribution >= 4 is 11.6 Å². The predicted octanol–water partition coefficient (Wildman–Crippen LogP) is 4.52. The molecule has 0 saturated carbocycles. The Labute approximate surface area is 149 Å². The maximum Gasteiger partial charge on any atom is 0.280 e. The van der Waals surface area contributed by atoms with Crippen LogP contribution < -0.4 is 4.90 Å². The molecule has 0 bridgehead atoms. The van der Waals surface area contributed by atoms with Gasteiger partial charge in [-0.15, -0.1) is 0 Å². The number of rotatable bonds is 2. The van der Waals surface area contributed by atoms with Crippen LogP contribution in [0, 0.1) is 18.6 Å². The van der Waals surface area contributed by atoms with Crippen LogP contribution in [-0.2, 0) is 6.42 Å². The van der Waals surface area contributed by atoms with Gasteiger partial charge in [0.2, 0.25) is 5.89 Å². The average molecular weight is 354 g/mol. The number of hydrogen-bond acceptors (Lipinski definition) is 3. The van der Waals surface area contributed by atoms with Crippen LogP contribution in [0.15, 0.2) is 46.9 Å². The summed E-state index contributed by atoms with van der Waals surface area (Å²) >= 11 is 0. The third-order valence-electron chi connectivity index (χ3n) is 4.52. The summed E-state index contributed by atoms with van der Waals surface area (Å²) in [6.45, 7) is 1.99. The predicted molar refractivity (Wildman–Crippen MR) is 93.0 cm³/mol. The van der Waals surface area contributed by atoms with Crippen molar-refractivity contribution in [2.75, 3.05) is 11.4 Å². The number of aromatic nitrogens is 1. The van der Waals surface area contributed by atoms with Gasteiger partial charge in [0.1, 0.15) is 17.4 Å². The fourth-order valence-electron chi connectivity index (χ4n) is 3.28. The van der Waals surface area contributed by atoms with Crippen molar-refractivity contribution in [3.8, 4) is 11.5 Å². The molecular formula is C20H16F2N2O2. The molecule has 0 unspecified atom stereocenters. The molecule has 1 aliphatic rings. The zero-order chi connectivity index (χ0) is 18.3. The van der Waals surface area contributed by atoms with Crippen LogP contribution in [0.1, 0.15) is 28.2 Å². The SMILES string of the molecule is Cc1oc(-c2ccccc2F)nc1C(=O)N1CCCc2cccc(F)c21. The van der Waals surface area contributed by atoms with Gasteiger partial charge in [-0.25, -0.2) is 13.8 Å². The smallest absolute Gasteiger partial charge is 0.280 e. The molecule has 0 radical (unpaired) electrons. The fourth-order valence-corrected chi connectivity index (χ4v) is 3.28. The maximum atomic E-state index is 14.3. The number of aryl methyl sites for hydroxylation is 2. The molecule has 0 saturated heterocycles. The summed E-state index contributed by atoms with van der Waals surface area (Å²) in [5.74, 6) is -1.06. The Morgan fingerprint density at radius 1 is 1.12 bits per heavy atom. The number of hydrogen-bond donors (Lipinski definition) is 0. The van der Waals surface area contributed by atoms with Gasteiger partial charge in [-0.2, -0.15) is 0 Å². The Balaban J connectivity index is 1.74. The number of amides is 1. The number of carbonyl (C=O) groups is 1. The first-order valence-corrected chi connectivity index (χ1v) is 8.38. The lowest BCUT2D eigenvalue weighted by molar-refractivity contribution is 0.0978. The van der Waals surface area contributed by atoms with Gasteiger partial charge in [-0.05, 0) is 43.5 Å². The van der Waals surface area contributed by atoms with E-state index < -0.39 is 17.5 Å². The van der Waals surface area contributed by atoms with Crippen molar-refractivity contribution in [3.63, 3.8) is 0 Å². The molecule has 1 aromatic heterocycles. The number of para-hydroxylation sites is 1. The standard InChI is InChI=1S/C20H16F2N2O2/c1-12-17(23-19(26-12)14-8-2-3-9-15(14)21)20(25)24-11-5-7-13-6-4-10-16(22)18(13)24/h2-4,6,8-10H,5,7,11H2,1H3. The molecule has 2 heterocycles.